The van der Waals surface area contributed by atoms with E-state index < -0.39 is 11.6 Å². The summed E-state index contributed by atoms with van der Waals surface area (Å²) in [6, 6.07) is 4.82. The molecule has 1 aromatic rings. The van der Waals surface area contributed by atoms with Crippen LogP contribution in [0.15, 0.2) is 18.2 Å². The molecule has 0 bridgehead atoms. The minimum Gasteiger partial charge on any atom is -0.487 e. The van der Waals surface area contributed by atoms with E-state index >= 15 is 0 Å². The minimum atomic E-state index is -0.491. The molecule has 1 aromatic carbocycles. The van der Waals surface area contributed by atoms with Crippen molar-refractivity contribution in [3.05, 3.63) is 29.3 Å². The van der Waals surface area contributed by atoms with E-state index in [1.165, 1.54) is 0 Å². The van der Waals surface area contributed by atoms with Crippen LogP contribution in [0.4, 0.5) is 0 Å². The van der Waals surface area contributed by atoms with Gasteiger partial charge in [-0.05, 0) is 39.0 Å². The zero-order valence-electron chi connectivity index (χ0n) is 10.8. The summed E-state index contributed by atoms with van der Waals surface area (Å²) >= 11 is 0. The van der Waals surface area contributed by atoms with Crippen LogP contribution in [0.25, 0.3) is 0 Å². The first kappa shape index (κ1) is 12.6. The molecule has 0 N–H and O–H groups in total. The van der Waals surface area contributed by atoms with Crippen molar-refractivity contribution in [2.75, 3.05) is 6.61 Å². The highest BCUT2D eigenvalue weighted by Crippen LogP contribution is 2.33. The SMILES string of the molecule is CCOC(=O)c1ccc2c(c1)C(=O)CC(C)(C)O2. The number of carbonyl (C=O) groups excluding carboxylic acids is 2. The van der Waals surface area contributed by atoms with Gasteiger partial charge in [-0.1, -0.05) is 0 Å². The van der Waals surface area contributed by atoms with E-state index in [4.69, 9.17) is 9.47 Å². The van der Waals surface area contributed by atoms with Crippen LogP contribution >= 0.6 is 0 Å². The second kappa shape index (κ2) is 4.44. The van der Waals surface area contributed by atoms with Crippen LogP contribution in [0, 0.1) is 0 Å². The molecule has 0 saturated heterocycles. The van der Waals surface area contributed by atoms with Crippen molar-refractivity contribution in [2.24, 2.45) is 0 Å². The standard InChI is InChI=1S/C14H16O4/c1-4-17-13(16)9-5-6-12-10(7-9)11(15)8-14(2,3)18-12/h5-7H,4,8H2,1-3H3. The smallest absolute Gasteiger partial charge is 0.338 e. The molecular weight excluding hydrogens is 232 g/mol. The number of benzene rings is 1. The molecule has 0 aromatic heterocycles. The minimum absolute atomic E-state index is 0.00704. The predicted molar refractivity (Wildman–Crippen MR) is 66.1 cm³/mol. The van der Waals surface area contributed by atoms with Gasteiger partial charge in [-0.15, -0.1) is 0 Å². The topological polar surface area (TPSA) is 52.6 Å². The molecule has 0 amide bonds. The lowest BCUT2D eigenvalue weighted by atomic mass is 9.92. The second-order valence-electron chi connectivity index (χ2n) is 4.89. The summed E-state index contributed by atoms with van der Waals surface area (Å²) < 4.78 is 10.6. The van der Waals surface area contributed by atoms with Crippen molar-refractivity contribution < 1.29 is 19.1 Å². The Morgan fingerprint density at radius 1 is 1.44 bits per heavy atom. The maximum atomic E-state index is 12.0. The molecule has 1 aliphatic rings. The molecule has 4 nitrogen and oxygen atoms in total. The average Bonchev–Trinajstić information content (AvgIpc) is 2.27. The Morgan fingerprint density at radius 2 is 2.17 bits per heavy atom. The molecule has 0 fully saturated rings. The van der Waals surface area contributed by atoms with Gasteiger partial charge in [0.15, 0.2) is 5.78 Å². The van der Waals surface area contributed by atoms with Crippen LogP contribution in [0.2, 0.25) is 0 Å². The van der Waals surface area contributed by atoms with E-state index in [0.29, 0.717) is 29.9 Å². The van der Waals surface area contributed by atoms with Gasteiger partial charge in [-0.2, -0.15) is 0 Å². The highest BCUT2D eigenvalue weighted by atomic mass is 16.5. The highest BCUT2D eigenvalue weighted by Gasteiger charge is 2.32. The van der Waals surface area contributed by atoms with Gasteiger partial charge in [-0.25, -0.2) is 4.79 Å². The lowest BCUT2D eigenvalue weighted by molar-refractivity contribution is 0.0526. The molecule has 0 spiro atoms. The third-order valence-electron chi connectivity index (χ3n) is 2.76. The molecule has 0 saturated carbocycles. The summed E-state index contributed by atoms with van der Waals surface area (Å²) in [4.78, 5) is 23.6. The Labute approximate surface area is 106 Å². The Bertz CT molecular complexity index is 503. The fraction of sp³-hybridized carbons (Fsp3) is 0.429. The van der Waals surface area contributed by atoms with Gasteiger partial charge in [0, 0.05) is 0 Å². The van der Waals surface area contributed by atoms with Crippen molar-refractivity contribution in [3.8, 4) is 5.75 Å². The van der Waals surface area contributed by atoms with Gasteiger partial charge >= 0.3 is 5.97 Å². The molecule has 0 atom stereocenters. The monoisotopic (exact) mass is 248 g/mol. The first-order valence-electron chi connectivity index (χ1n) is 5.96. The Morgan fingerprint density at radius 3 is 2.83 bits per heavy atom. The van der Waals surface area contributed by atoms with Crippen LogP contribution in [-0.2, 0) is 4.74 Å². The van der Waals surface area contributed by atoms with Crippen molar-refractivity contribution in [2.45, 2.75) is 32.8 Å². The third-order valence-corrected chi connectivity index (χ3v) is 2.76. The average molecular weight is 248 g/mol. The van der Waals surface area contributed by atoms with Crippen molar-refractivity contribution in [1.29, 1.82) is 0 Å². The summed E-state index contributed by atoms with van der Waals surface area (Å²) in [6.07, 6.45) is 0.312. The van der Waals surface area contributed by atoms with Gasteiger partial charge in [0.05, 0.1) is 24.2 Å². The van der Waals surface area contributed by atoms with Gasteiger partial charge in [0.2, 0.25) is 0 Å². The molecule has 0 radical (unpaired) electrons. The fourth-order valence-electron chi connectivity index (χ4n) is 1.99. The molecule has 1 aliphatic heterocycles. The van der Waals surface area contributed by atoms with Crippen LogP contribution in [0.1, 0.15) is 47.9 Å². The van der Waals surface area contributed by atoms with E-state index in [-0.39, 0.29) is 5.78 Å². The Kier molecular flexibility index (Phi) is 3.11. The fourth-order valence-corrected chi connectivity index (χ4v) is 1.99. The highest BCUT2D eigenvalue weighted by molar-refractivity contribution is 6.02. The zero-order valence-corrected chi connectivity index (χ0v) is 10.8. The number of ether oxygens (including phenoxy) is 2. The molecular formula is C14H16O4. The molecule has 18 heavy (non-hydrogen) atoms. The predicted octanol–water partition coefficient (Wildman–Crippen LogP) is 2.61. The summed E-state index contributed by atoms with van der Waals surface area (Å²) in [5, 5.41) is 0. The second-order valence-corrected chi connectivity index (χ2v) is 4.89. The first-order chi connectivity index (χ1) is 8.43. The van der Waals surface area contributed by atoms with E-state index in [0.717, 1.165) is 0 Å². The third kappa shape index (κ3) is 2.37. The maximum absolute atomic E-state index is 12.0. The maximum Gasteiger partial charge on any atom is 0.338 e. The molecule has 4 heteroatoms. The van der Waals surface area contributed by atoms with Crippen molar-refractivity contribution >= 4 is 11.8 Å². The number of carbonyl (C=O) groups is 2. The Balaban J connectivity index is 2.36. The van der Waals surface area contributed by atoms with Gasteiger partial charge in [0.25, 0.3) is 0 Å². The number of Topliss-reactive ketones (excluding diaryl/α,β-unsaturated/α-hetero) is 1. The lowest BCUT2D eigenvalue weighted by Gasteiger charge is -2.31. The van der Waals surface area contributed by atoms with Gasteiger partial charge < -0.3 is 9.47 Å². The van der Waals surface area contributed by atoms with E-state index in [2.05, 4.69) is 0 Å². The molecule has 1 heterocycles. The van der Waals surface area contributed by atoms with Crippen LogP contribution in [-0.4, -0.2) is 24.0 Å². The molecule has 0 aliphatic carbocycles. The van der Waals surface area contributed by atoms with Crippen molar-refractivity contribution in [1.82, 2.24) is 0 Å². The zero-order chi connectivity index (χ0) is 13.3. The van der Waals surface area contributed by atoms with Crippen LogP contribution < -0.4 is 4.74 Å². The quantitative estimate of drug-likeness (QED) is 0.755. The molecule has 2 rings (SSSR count). The van der Waals surface area contributed by atoms with Crippen LogP contribution in [0.5, 0.6) is 5.75 Å². The van der Waals surface area contributed by atoms with E-state index in [1.807, 2.05) is 13.8 Å². The van der Waals surface area contributed by atoms with Gasteiger partial charge in [-0.3, -0.25) is 4.79 Å². The number of hydrogen-bond acceptors (Lipinski definition) is 4. The van der Waals surface area contributed by atoms with E-state index in [9.17, 15) is 9.59 Å². The number of hydrogen-bond donors (Lipinski definition) is 0. The molecule has 96 valence electrons. The normalized spacial score (nSPS) is 16.7. The number of rotatable bonds is 2. The van der Waals surface area contributed by atoms with Gasteiger partial charge in [0.1, 0.15) is 11.4 Å². The molecule has 0 unspecified atom stereocenters. The lowest BCUT2D eigenvalue weighted by Crippen LogP contribution is -2.36. The van der Waals surface area contributed by atoms with E-state index in [1.54, 1.807) is 25.1 Å². The summed E-state index contributed by atoms with van der Waals surface area (Å²) in [5.41, 5.74) is 0.349. The number of fused-ring (bicyclic) bond motifs is 1. The Hall–Kier alpha value is -1.84. The van der Waals surface area contributed by atoms with Crippen molar-refractivity contribution in [3.63, 3.8) is 0 Å². The van der Waals surface area contributed by atoms with Crippen LogP contribution in [0.3, 0.4) is 0 Å². The summed E-state index contributed by atoms with van der Waals surface area (Å²) in [6.45, 7) is 5.79. The number of ketones is 1. The summed E-state index contributed by atoms with van der Waals surface area (Å²) in [5.74, 6) is 0.106. The number of esters is 1. The largest absolute Gasteiger partial charge is 0.487 e. The first-order valence-corrected chi connectivity index (χ1v) is 5.96. The summed E-state index contributed by atoms with van der Waals surface area (Å²) in [7, 11) is 0.